The molecular formula is C18H22N2O2. The Morgan fingerprint density at radius 2 is 1.77 bits per heavy atom. The van der Waals surface area contributed by atoms with E-state index in [2.05, 4.69) is 5.32 Å². The summed E-state index contributed by atoms with van der Waals surface area (Å²) < 4.78 is 5.74. The zero-order chi connectivity index (χ0) is 15.8. The van der Waals surface area contributed by atoms with Crippen LogP contribution in [0.3, 0.4) is 0 Å². The van der Waals surface area contributed by atoms with Crippen LogP contribution in [0.2, 0.25) is 0 Å². The Morgan fingerprint density at radius 3 is 2.41 bits per heavy atom. The average molecular weight is 298 g/mol. The third kappa shape index (κ3) is 4.90. The number of hydrogen-bond acceptors (Lipinski definition) is 3. The first-order valence-electron chi connectivity index (χ1n) is 7.42. The van der Waals surface area contributed by atoms with E-state index < -0.39 is 0 Å². The Labute approximate surface area is 131 Å². The van der Waals surface area contributed by atoms with Gasteiger partial charge in [0.25, 0.3) is 0 Å². The van der Waals surface area contributed by atoms with Gasteiger partial charge in [0.15, 0.2) is 0 Å². The zero-order valence-electron chi connectivity index (χ0n) is 12.8. The molecule has 3 N–H and O–H groups in total. The molecule has 0 aromatic heterocycles. The lowest BCUT2D eigenvalue weighted by atomic mass is 10.0. The maximum Gasteiger partial charge on any atom is 0.224 e. The number of amides is 1. The zero-order valence-corrected chi connectivity index (χ0v) is 12.8. The third-order valence-electron chi connectivity index (χ3n) is 3.44. The lowest BCUT2D eigenvalue weighted by Crippen LogP contribution is -2.34. The quantitative estimate of drug-likeness (QED) is 0.772. The van der Waals surface area contributed by atoms with Crippen molar-refractivity contribution in [3.05, 3.63) is 65.7 Å². The molecule has 0 saturated carbocycles. The fraction of sp³-hybridized carbons (Fsp3) is 0.278. The minimum Gasteiger partial charge on any atom is -0.489 e. The van der Waals surface area contributed by atoms with Crippen molar-refractivity contribution in [1.29, 1.82) is 0 Å². The summed E-state index contributed by atoms with van der Waals surface area (Å²) in [7, 11) is 0. The number of hydrogen-bond donors (Lipinski definition) is 2. The van der Waals surface area contributed by atoms with Crippen molar-refractivity contribution in [3.8, 4) is 5.75 Å². The predicted molar refractivity (Wildman–Crippen MR) is 87.3 cm³/mol. The van der Waals surface area contributed by atoms with E-state index in [1.54, 1.807) is 0 Å². The normalized spacial score (nSPS) is 11.7. The molecule has 2 aromatic carbocycles. The van der Waals surface area contributed by atoms with Gasteiger partial charge in [-0.1, -0.05) is 49.4 Å². The summed E-state index contributed by atoms with van der Waals surface area (Å²) in [6.07, 6.45) is 0.685. The van der Waals surface area contributed by atoms with E-state index in [0.717, 1.165) is 16.9 Å². The molecule has 0 heterocycles. The number of carbonyl (C=O) groups excluding carboxylic acids is 1. The molecule has 0 aliphatic heterocycles. The number of nitrogens with one attached hydrogen (secondary N) is 1. The van der Waals surface area contributed by atoms with Gasteiger partial charge in [-0.25, -0.2) is 0 Å². The first kappa shape index (κ1) is 16.0. The standard InChI is InChI=1S/C18H22N2O2/c1-14(18(21)20-13-19)11-15-7-9-17(10-8-15)22-12-16-5-3-2-4-6-16/h2-10,14H,11-13,19H2,1H3,(H,20,21). The van der Waals surface area contributed by atoms with E-state index in [1.807, 2.05) is 61.5 Å². The van der Waals surface area contributed by atoms with Crippen LogP contribution in [-0.4, -0.2) is 12.6 Å². The molecule has 2 rings (SSSR count). The van der Waals surface area contributed by atoms with Gasteiger partial charge in [0.05, 0.1) is 6.67 Å². The van der Waals surface area contributed by atoms with Crippen LogP contribution in [0, 0.1) is 5.92 Å². The summed E-state index contributed by atoms with van der Waals surface area (Å²) in [5.74, 6) is 0.707. The fourth-order valence-corrected chi connectivity index (χ4v) is 2.18. The minimum absolute atomic E-state index is 0.0214. The molecule has 4 nitrogen and oxygen atoms in total. The van der Waals surface area contributed by atoms with Crippen molar-refractivity contribution in [1.82, 2.24) is 5.32 Å². The van der Waals surface area contributed by atoms with Crippen molar-refractivity contribution >= 4 is 5.91 Å². The van der Waals surface area contributed by atoms with Gasteiger partial charge in [-0.05, 0) is 29.7 Å². The van der Waals surface area contributed by atoms with Gasteiger partial charge in [0.2, 0.25) is 5.91 Å². The van der Waals surface area contributed by atoms with Crippen LogP contribution in [0.15, 0.2) is 54.6 Å². The molecule has 0 spiro atoms. The summed E-state index contributed by atoms with van der Waals surface area (Å²) in [6, 6.07) is 17.9. The molecule has 1 amide bonds. The smallest absolute Gasteiger partial charge is 0.224 e. The summed E-state index contributed by atoms with van der Waals surface area (Å²) >= 11 is 0. The van der Waals surface area contributed by atoms with Crippen LogP contribution < -0.4 is 15.8 Å². The van der Waals surface area contributed by atoms with Gasteiger partial charge in [0, 0.05) is 5.92 Å². The fourth-order valence-electron chi connectivity index (χ4n) is 2.18. The van der Waals surface area contributed by atoms with Crippen molar-refractivity contribution in [2.75, 3.05) is 6.67 Å². The molecule has 0 radical (unpaired) electrons. The first-order chi connectivity index (χ1) is 10.7. The highest BCUT2D eigenvalue weighted by Crippen LogP contribution is 2.16. The summed E-state index contributed by atoms with van der Waals surface area (Å²) in [6.45, 7) is 2.62. The Hall–Kier alpha value is -2.33. The highest BCUT2D eigenvalue weighted by Gasteiger charge is 2.12. The molecule has 1 atom stereocenters. The second-order valence-corrected chi connectivity index (χ2v) is 5.27. The molecule has 22 heavy (non-hydrogen) atoms. The van der Waals surface area contributed by atoms with Crippen molar-refractivity contribution < 1.29 is 9.53 Å². The van der Waals surface area contributed by atoms with Gasteiger partial charge < -0.3 is 15.8 Å². The molecule has 0 fully saturated rings. The Balaban J connectivity index is 1.86. The highest BCUT2D eigenvalue weighted by molar-refractivity contribution is 5.78. The predicted octanol–water partition coefficient (Wildman–Crippen LogP) is 2.48. The summed E-state index contributed by atoms with van der Waals surface area (Å²) in [4.78, 5) is 11.7. The monoisotopic (exact) mass is 298 g/mol. The summed E-state index contributed by atoms with van der Waals surface area (Å²) in [5, 5.41) is 2.63. The van der Waals surface area contributed by atoms with Crippen LogP contribution in [0.5, 0.6) is 5.75 Å². The van der Waals surface area contributed by atoms with E-state index >= 15 is 0 Å². The Bertz CT molecular complexity index is 582. The van der Waals surface area contributed by atoms with Gasteiger partial charge in [-0.15, -0.1) is 0 Å². The molecular weight excluding hydrogens is 276 g/mol. The highest BCUT2D eigenvalue weighted by atomic mass is 16.5. The number of benzene rings is 2. The van der Waals surface area contributed by atoms with Crippen LogP contribution in [-0.2, 0) is 17.8 Å². The van der Waals surface area contributed by atoms with E-state index in [1.165, 1.54) is 0 Å². The molecule has 0 bridgehead atoms. The molecule has 0 saturated heterocycles. The third-order valence-corrected chi connectivity index (χ3v) is 3.44. The SMILES string of the molecule is CC(Cc1ccc(OCc2ccccc2)cc1)C(=O)NCN. The van der Waals surface area contributed by atoms with Gasteiger partial charge in [-0.2, -0.15) is 0 Å². The van der Waals surface area contributed by atoms with E-state index in [-0.39, 0.29) is 18.5 Å². The van der Waals surface area contributed by atoms with Gasteiger partial charge >= 0.3 is 0 Å². The Kier molecular flexibility index (Phi) is 5.98. The van der Waals surface area contributed by atoms with Gasteiger partial charge in [0.1, 0.15) is 12.4 Å². The first-order valence-corrected chi connectivity index (χ1v) is 7.42. The molecule has 1 unspecified atom stereocenters. The van der Waals surface area contributed by atoms with Gasteiger partial charge in [-0.3, -0.25) is 4.79 Å². The van der Waals surface area contributed by atoms with Crippen molar-refractivity contribution in [3.63, 3.8) is 0 Å². The van der Waals surface area contributed by atoms with Crippen molar-refractivity contribution in [2.24, 2.45) is 11.7 Å². The van der Waals surface area contributed by atoms with E-state index in [0.29, 0.717) is 13.0 Å². The lowest BCUT2D eigenvalue weighted by molar-refractivity contribution is -0.124. The number of rotatable bonds is 7. The topological polar surface area (TPSA) is 64.3 Å². The second-order valence-electron chi connectivity index (χ2n) is 5.27. The molecule has 116 valence electrons. The van der Waals surface area contributed by atoms with Crippen molar-refractivity contribution in [2.45, 2.75) is 20.0 Å². The molecule has 4 heteroatoms. The van der Waals surface area contributed by atoms with Crippen LogP contribution >= 0.6 is 0 Å². The van der Waals surface area contributed by atoms with E-state index in [9.17, 15) is 4.79 Å². The number of ether oxygens (including phenoxy) is 1. The molecule has 0 aliphatic rings. The number of carbonyl (C=O) groups is 1. The average Bonchev–Trinajstić information content (AvgIpc) is 2.55. The van der Waals surface area contributed by atoms with Crippen LogP contribution in [0.4, 0.5) is 0 Å². The maximum atomic E-state index is 11.7. The summed E-state index contributed by atoms with van der Waals surface area (Å²) in [5.41, 5.74) is 7.55. The molecule has 2 aromatic rings. The second kappa shape index (κ2) is 8.20. The van der Waals surface area contributed by atoms with E-state index in [4.69, 9.17) is 10.5 Å². The van der Waals surface area contributed by atoms with Crippen LogP contribution in [0.25, 0.3) is 0 Å². The number of nitrogens with two attached hydrogens (primary N) is 1. The minimum atomic E-state index is -0.0976. The maximum absolute atomic E-state index is 11.7. The largest absolute Gasteiger partial charge is 0.489 e. The lowest BCUT2D eigenvalue weighted by Gasteiger charge is -2.12. The van der Waals surface area contributed by atoms with Crippen LogP contribution in [0.1, 0.15) is 18.1 Å². The Morgan fingerprint density at radius 1 is 1.09 bits per heavy atom. The molecule has 0 aliphatic carbocycles.